The van der Waals surface area contributed by atoms with Crippen molar-refractivity contribution in [3.8, 4) is 5.88 Å². The molecule has 1 aliphatic heterocycles. The number of pyridine rings is 2. The van der Waals surface area contributed by atoms with E-state index in [-0.39, 0.29) is 6.10 Å². The molecule has 0 fully saturated rings. The van der Waals surface area contributed by atoms with Crippen LogP contribution in [0, 0.1) is 13.8 Å². The van der Waals surface area contributed by atoms with Gasteiger partial charge in [-0.25, -0.2) is 4.98 Å². The summed E-state index contributed by atoms with van der Waals surface area (Å²) in [5.74, 6) is 0.742. The lowest BCUT2D eigenvalue weighted by Crippen LogP contribution is -2.03. The van der Waals surface area contributed by atoms with E-state index in [1.165, 1.54) is 22.3 Å². The Hall–Kier alpha value is -2.94. The zero-order valence-electron chi connectivity index (χ0n) is 14.3. The lowest BCUT2D eigenvalue weighted by molar-refractivity contribution is 0.231. The maximum atomic E-state index is 6.13. The Morgan fingerprint density at radius 3 is 2.52 bits per heavy atom. The summed E-state index contributed by atoms with van der Waals surface area (Å²) in [5, 5.41) is 2.30. The summed E-state index contributed by atoms with van der Waals surface area (Å²) in [4.78, 5) is 9.30. The third kappa shape index (κ3) is 2.35. The van der Waals surface area contributed by atoms with Crippen molar-refractivity contribution in [2.24, 2.45) is 0 Å². The number of benzene rings is 2. The number of nitrogens with zero attached hydrogens (tertiary/aromatic N) is 2. The molecule has 0 amide bonds. The first-order valence-corrected chi connectivity index (χ1v) is 8.59. The van der Waals surface area contributed by atoms with Gasteiger partial charge in [-0.1, -0.05) is 42.0 Å². The minimum atomic E-state index is 0.0429. The number of hydrogen-bond acceptors (Lipinski definition) is 3. The first-order chi connectivity index (χ1) is 12.2. The number of rotatable bonds is 1. The molecule has 5 rings (SSSR count). The molecule has 25 heavy (non-hydrogen) atoms. The molecule has 1 atom stereocenters. The Balaban J connectivity index is 1.62. The maximum absolute atomic E-state index is 6.13. The fraction of sp³-hybridized carbons (Fsp3) is 0.182. The number of aromatic nitrogens is 2. The van der Waals surface area contributed by atoms with E-state index in [0.29, 0.717) is 0 Å². The van der Waals surface area contributed by atoms with Crippen molar-refractivity contribution in [2.45, 2.75) is 26.4 Å². The van der Waals surface area contributed by atoms with Crippen molar-refractivity contribution in [1.82, 2.24) is 9.97 Å². The highest BCUT2D eigenvalue weighted by atomic mass is 16.5. The van der Waals surface area contributed by atoms with Crippen LogP contribution in [0.1, 0.15) is 28.4 Å². The maximum Gasteiger partial charge on any atom is 0.217 e. The van der Waals surface area contributed by atoms with Crippen LogP contribution in [-0.4, -0.2) is 9.97 Å². The molecule has 2 aromatic carbocycles. The van der Waals surface area contributed by atoms with Crippen LogP contribution in [0.5, 0.6) is 5.88 Å². The van der Waals surface area contributed by atoms with E-state index in [1.807, 2.05) is 6.20 Å². The van der Waals surface area contributed by atoms with Crippen molar-refractivity contribution in [3.05, 3.63) is 77.0 Å². The molecule has 122 valence electrons. The van der Waals surface area contributed by atoms with Gasteiger partial charge in [0, 0.05) is 22.8 Å². The number of ether oxygens (including phenoxy) is 1. The van der Waals surface area contributed by atoms with Crippen LogP contribution in [0.25, 0.3) is 21.8 Å². The molecule has 0 aliphatic carbocycles. The summed E-state index contributed by atoms with van der Waals surface area (Å²) in [7, 11) is 0. The van der Waals surface area contributed by atoms with Gasteiger partial charge in [-0.05, 0) is 37.1 Å². The Morgan fingerprint density at radius 1 is 0.880 bits per heavy atom. The molecule has 2 aromatic heterocycles. The molecule has 3 nitrogen and oxygen atoms in total. The first kappa shape index (κ1) is 14.4. The third-order valence-electron chi connectivity index (χ3n) is 4.97. The monoisotopic (exact) mass is 326 g/mol. The average Bonchev–Trinajstić information content (AvgIpc) is 3.03. The molecule has 0 radical (unpaired) electrons. The van der Waals surface area contributed by atoms with Crippen LogP contribution in [0.2, 0.25) is 0 Å². The predicted molar refractivity (Wildman–Crippen MR) is 100 cm³/mol. The second-order valence-electron chi connectivity index (χ2n) is 6.89. The molecular weight excluding hydrogens is 308 g/mol. The average molecular weight is 326 g/mol. The highest BCUT2D eigenvalue weighted by Crippen LogP contribution is 2.38. The zero-order chi connectivity index (χ0) is 17.0. The van der Waals surface area contributed by atoms with Crippen LogP contribution < -0.4 is 4.74 Å². The molecule has 0 N–H and O–H groups in total. The molecule has 0 saturated carbocycles. The lowest BCUT2D eigenvalue weighted by atomic mass is 10.0. The fourth-order valence-electron chi connectivity index (χ4n) is 3.56. The van der Waals surface area contributed by atoms with Crippen LogP contribution in [0.3, 0.4) is 0 Å². The van der Waals surface area contributed by atoms with Crippen LogP contribution in [0.4, 0.5) is 0 Å². The predicted octanol–water partition coefficient (Wildman–Crippen LogP) is 5.08. The van der Waals surface area contributed by atoms with Gasteiger partial charge in [0.25, 0.3) is 0 Å². The smallest absolute Gasteiger partial charge is 0.217 e. The second kappa shape index (κ2) is 5.28. The quantitative estimate of drug-likeness (QED) is 0.458. The van der Waals surface area contributed by atoms with Crippen molar-refractivity contribution in [2.75, 3.05) is 0 Å². The molecule has 1 unspecified atom stereocenters. The van der Waals surface area contributed by atoms with Gasteiger partial charge in [0.15, 0.2) is 0 Å². The fourth-order valence-corrected chi connectivity index (χ4v) is 3.56. The molecule has 4 aromatic rings. The van der Waals surface area contributed by atoms with Gasteiger partial charge >= 0.3 is 0 Å². The molecule has 3 heteroatoms. The largest absolute Gasteiger partial charge is 0.469 e. The van der Waals surface area contributed by atoms with Gasteiger partial charge in [0.1, 0.15) is 6.10 Å². The van der Waals surface area contributed by atoms with E-state index in [2.05, 4.69) is 67.4 Å². The minimum Gasteiger partial charge on any atom is -0.469 e. The second-order valence-corrected chi connectivity index (χ2v) is 6.89. The SMILES string of the molecule is Cc1ccc(C2Cc3cc4c(cnc5cc(C)ccc54)nc3O2)cc1. The molecule has 0 bridgehead atoms. The van der Waals surface area contributed by atoms with Crippen molar-refractivity contribution >= 4 is 21.8 Å². The first-order valence-electron chi connectivity index (χ1n) is 8.59. The number of fused-ring (bicyclic) bond motifs is 4. The molecule has 0 saturated heterocycles. The van der Waals surface area contributed by atoms with Crippen LogP contribution in [0.15, 0.2) is 54.7 Å². The van der Waals surface area contributed by atoms with Crippen molar-refractivity contribution in [1.29, 1.82) is 0 Å². The molecular formula is C22H18N2O. The minimum absolute atomic E-state index is 0.0429. The van der Waals surface area contributed by atoms with Crippen LogP contribution in [-0.2, 0) is 6.42 Å². The Bertz CT molecular complexity index is 1120. The normalized spacial score (nSPS) is 16.2. The Morgan fingerprint density at radius 2 is 1.68 bits per heavy atom. The Labute approximate surface area is 146 Å². The standard InChI is InChI=1S/C22H18N2O/c1-13-3-6-15(7-4-13)21-11-16-10-18-17-8-5-14(2)9-19(17)23-12-20(18)24-22(16)25-21/h3-10,12,21H,11H2,1-2H3. The zero-order valence-corrected chi connectivity index (χ0v) is 14.3. The summed E-state index contributed by atoms with van der Waals surface area (Å²) >= 11 is 0. The molecule has 3 heterocycles. The highest BCUT2D eigenvalue weighted by Gasteiger charge is 2.26. The van der Waals surface area contributed by atoms with Gasteiger partial charge in [-0.2, -0.15) is 0 Å². The van der Waals surface area contributed by atoms with E-state index in [1.54, 1.807) is 0 Å². The van der Waals surface area contributed by atoms with Crippen molar-refractivity contribution in [3.63, 3.8) is 0 Å². The highest BCUT2D eigenvalue weighted by molar-refractivity contribution is 6.04. The summed E-state index contributed by atoms with van der Waals surface area (Å²) < 4.78 is 6.13. The summed E-state index contributed by atoms with van der Waals surface area (Å²) in [5.41, 5.74) is 6.76. The lowest BCUT2D eigenvalue weighted by Gasteiger charge is -2.10. The van der Waals surface area contributed by atoms with E-state index < -0.39 is 0 Å². The van der Waals surface area contributed by atoms with Gasteiger partial charge in [-0.3, -0.25) is 4.98 Å². The van der Waals surface area contributed by atoms with Crippen LogP contribution >= 0.6 is 0 Å². The topological polar surface area (TPSA) is 35.0 Å². The summed E-state index contributed by atoms with van der Waals surface area (Å²) in [6.07, 6.45) is 2.75. The van der Waals surface area contributed by atoms with Gasteiger partial charge < -0.3 is 4.74 Å². The summed E-state index contributed by atoms with van der Waals surface area (Å²) in [6.45, 7) is 4.19. The molecule has 0 spiro atoms. The third-order valence-corrected chi connectivity index (χ3v) is 4.97. The number of hydrogen-bond donors (Lipinski definition) is 0. The molecule has 1 aliphatic rings. The van der Waals surface area contributed by atoms with E-state index in [4.69, 9.17) is 9.72 Å². The Kier molecular flexibility index (Phi) is 3.04. The van der Waals surface area contributed by atoms with Gasteiger partial charge in [0.05, 0.1) is 17.2 Å². The summed E-state index contributed by atoms with van der Waals surface area (Å²) in [6, 6.07) is 17.2. The van der Waals surface area contributed by atoms with E-state index >= 15 is 0 Å². The number of aryl methyl sites for hydroxylation is 2. The van der Waals surface area contributed by atoms with E-state index in [0.717, 1.165) is 34.1 Å². The van der Waals surface area contributed by atoms with Crippen molar-refractivity contribution < 1.29 is 4.74 Å². The van der Waals surface area contributed by atoms with Gasteiger partial charge in [-0.15, -0.1) is 0 Å². The van der Waals surface area contributed by atoms with Gasteiger partial charge in [0.2, 0.25) is 5.88 Å². The van der Waals surface area contributed by atoms with E-state index in [9.17, 15) is 0 Å².